The Morgan fingerprint density at radius 3 is 1.53 bits per heavy atom. The van der Waals surface area contributed by atoms with E-state index in [4.69, 9.17) is 24.5 Å². The highest BCUT2D eigenvalue weighted by Crippen LogP contribution is 2.42. The first-order valence-electron chi connectivity index (χ1n) is 20.7. The number of pyridine rings is 1. The fraction of sp³-hybridized carbons (Fsp3) is 0. The largest absolute Gasteiger partial charge is 0.456 e. The van der Waals surface area contributed by atoms with Crippen molar-refractivity contribution in [2.45, 2.75) is 0 Å². The van der Waals surface area contributed by atoms with E-state index in [9.17, 15) is 0 Å². The minimum absolute atomic E-state index is 0.592. The zero-order valence-corrected chi connectivity index (χ0v) is 33.4. The molecule has 6 nitrogen and oxygen atoms in total. The first-order chi connectivity index (χ1) is 30.7. The van der Waals surface area contributed by atoms with Crippen LogP contribution in [-0.2, 0) is 0 Å². The van der Waals surface area contributed by atoms with Crippen LogP contribution in [0.4, 0.5) is 0 Å². The van der Waals surface area contributed by atoms with Crippen LogP contribution in [0.2, 0.25) is 0 Å². The molecule has 12 rings (SSSR count). The molecule has 290 valence electrons. The van der Waals surface area contributed by atoms with Gasteiger partial charge in [0.05, 0.1) is 11.2 Å². The van der Waals surface area contributed by atoms with Crippen molar-refractivity contribution in [2.24, 2.45) is 0 Å². The molecule has 0 aliphatic rings. The molecule has 12 aromatic rings. The lowest BCUT2D eigenvalue weighted by Gasteiger charge is -2.10. The third-order valence-corrected chi connectivity index (χ3v) is 11.7. The first-order valence-corrected chi connectivity index (χ1v) is 20.7. The van der Waals surface area contributed by atoms with Gasteiger partial charge in [-0.25, -0.2) is 19.5 Å². The highest BCUT2D eigenvalue weighted by atomic mass is 16.3. The molecule has 0 saturated carbocycles. The number of para-hydroxylation sites is 1. The van der Waals surface area contributed by atoms with Gasteiger partial charge in [-0.2, -0.15) is 5.10 Å². The molecule has 6 heteroatoms. The molecule has 0 spiro atoms. The summed E-state index contributed by atoms with van der Waals surface area (Å²) in [6, 6.07) is 73.3. The summed E-state index contributed by atoms with van der Waals surface area (Å²) in [6.07, 6.45) is 0. The Kier molecular flexibility index (Phi) is 8.38. The van der Waals surface area contributed by atoms with Gasteiger partial charge in [-0.05, 0) is 40.3 Å². The Balaban J connectivity index is 0.978. The molecule has 0 aliphatic carbocycles. The molecule has 62 heavy (non-hydrogen) atoms. The monoisotopic (exact) mass is 793 g/mol. The predicted octanol–water partition coefficient (Wildman–Crippen LogP) is 14.2. The zero-order valence-electron chi connectivity index (χ0n) is 33.4. The van der Waals surface area contributed by atoms with Gasteiger partial charge in [-0.3, -0.25) is 0 Å². The second-order valence-electron chi connectivity index (χ2n) is 15.4. The second kappa shape index (κ2) is 14.7. The van der Waals surface area contributed by atoms with Gasteiger partial charge in [0.2, 0.25) is 0 Å². The predicted molar refractivity (Wildman–Crippen MR) is 251 cm³/mol. The van der Waals surface area contributed by atoms with E-state index in [2.05, 4.69) is 156 Å². The number of furan rings is 1. The average molecular weight is 794 g/mol. The van der Waals surface area contributed by atoms with Crippen LogP contribution in [0.3, 0.4) is 0 Å². The van der Waals surface area contributed by atoms with Gasteiger partial charge in [0.15, 0.2) is 17.5 Å². The van der Waals surface area contributed by atoms with E-state index in [1.165, 1.54) is 0 Å². The highest BCUT2D eigenvalue weighted by molar-refractivity contribution is 6.12. The van der Waals surface area contributed by atoms with Gasteiger partial charge >= 0.3 is 0 Å². The van der Waals surface area contributed by atoms with Gasteiger partial charge in [-0.1, -0.05) is 194 Å². The number of hydrogen-bond donors (Lipinski definition) is 0. The van der Waals surface area contributed by atoms with Crippen LogP contribution >= 0.6 is 0 Å². The Morgan fingerprint density at radius 1 is 0.371 bits per heavy atom. The minimum Gasteiger partial charge on any atom is -0.456 e. The molecule has 0 bridgehead atoms. The molecule has 4 aromatic heterocycles. The Bertz CT molecular complexity index is 3600. The number of rotatable bonds is 7. The summed E-state index contributed by atoms with van der Waals surface area (Å²) in [7, 11) is 0. The maximum atomic E-state index is 6.20. The van der Waals surface area contributed by atoms with Crippen LogP contribution in [-0.4, -0.2) is 24.6 Å². The van der Waals surface area contributed by atoms with E-state index in [-0.39, 0.29) is 0 Å². The molecule has 0 unspecified atom stereocenters. The third-order valence-electron chi connectivity index (χ3n) is 11.7. The summed E-state index contributed by atoms with van der Waals surface area (Å²) < 4.78 is 8.32. The van der Waals surface area contributed by atoms with Crippen molar-refractivity contribution in [2.75, 3.05) is 0 Å². The maximum absolute atomic E-state index is 6.20. The van der Waals surface area contributed by atoms with Gasteiger partial charge < -0.3 is 4.42 Å². The van der Waals surface area contributed by atoms with E-state index in [0.29, 0.717) is 17.5 Å². The number of fused-ring (bicyclic) bond motifs is 6. The molecular formula is C56H35N5O. The summed E-state index contributed by atoms with van der Waals surface area (Å²) in [6.45, 7) is 0. The van der Waals surface area contributed by atoms with E-state index in [1.807, 2.05) is 60.7 Å². The molecular weight excluding hydrogens is 759 g/mol. The lowest BCUT2D eigenvalue weighted by molar-refractivity contribution is 0.669. The maximum Gasteiger partial charge on any atom is 0.164 e. The summed E-state index contributed by atoms with van der Waals surface area (Å²) in [5.41, 5.74) is 13.9. The van der Waals surface area contributed by atoms with Gasteiger partial charge in [0.1, 0.15) is 16.9 Å². The smallest absolute Gasteiger partial charge is 0.164 e. The molecule has 0 fully saturated rings. The van der Waals surface area contributed by atoms with Crippen molar-refractivity contribution in [3.63, 3.8) is 0 Å². The SMILES string of the molecule is c1ccc(-c2nc(-c3ccc(-c4nn5c(-c6ccccc6)cc6ccccc6c5c4-c4ccccc4)cc3)nc(-c3ccc(-c4cccc5oc6ccccc6c45)cc3)n2)cc1. The van der Waals surface area contributed by atoms with Crippen LogP contribution in [0.25, 0.3) is 117 Å². The van der Waals surface area contributed by atoms with Crippen LogP contribution in [0.1, 0.15) is 0 Å². The minimum atomic E-state index is 0.592. The van der Waals surface area contributed by atoms with Gasteiger partial charge in [0.25, 0.3) is 0 Å². The van der Waals surface area contributed by atoms with Crippen LogP contribution in [0, 0.1) is 0 Å². The van der Waals surface area contributed by atoms with Crippen molar-refractivity contribution in [3.05, 3.63) is 212 Å². The van der Waals surface area contributed by atoms with Gasteiger partial charge in [0, 0.05) is 49.5 Å². The second-order valence-corrected chi connectivity index (χ2v) is 15.4. The Morgan fingerprint density at radius 2 is 0.871 bits per heavy atom. The molecule has 0 amide bonds. The third kappa shape index (κ3) is 6.04. The molecule has 0 atom stereocenters. The van der Waals surface area contributed by atoms with Crippen molar-refractivity contribution < 1.29 is 4.42 Å². The number of nitrogens with zero attached hydrogens (tertiary/aromatic N) is 5. The number of aromatic nitrogens is 5. The van der Waals surface area contributed by atoms with Crippen LogP contribution in [0.5, 0.6) is 0 Å². The molecule has 0 N–H and O–H groups in total. The van der Waals surface area contributed by atoms with Crippen molar-refractivity contribution in [1.82, 2.24) is 24.6 Å². The summed E-state index contributed by atoms with van der Waals surface area (Å²) in [5.74, 6) is 1.80. The molecule has 4 heterocycles. The summed E-state index contributed by atoms with van der Waals surface area (Å²) in [4.78, 5) is 15.2. The number of benzene rings is 8. The van der Waals surface area contributed by atoms with E-state index < -0.39 is 0 Å². The standard InChI is InChI=1S/C56H35N5O/c1-4-15-37(16-5-1)47-35-43-21-10-11-22-45(43)53-50(38-17-6-2-7-18-38)52(60-61(47)53)39-29-33-42(34-30-39)56-58-54(40-19-8-3-9-20-40)57-55(59-56)41-31-27-36(28-32-41)44-24-14-26-49-51(44)46-23-12-13-25-48(46)62-49/h1-35H. The van der Waals surface area contributed by atoms with Crippen LogP contribution in [0.15, 0.2) is 217 Å². The van der Waals surface area contributed by atoms with E-state index >= 15 is 0 Å². The molecule has 0 radical (unpaired) electrons. The molecule has 0 saturated heterocycles. The zero-order chi connectivity index (χ0) is 41.0. The van der Waals surface area contributed by atoms with E-state index in [0.717, 1.165) is 99.7 Å². The summed E-state index contributed by atoms with van der Waals surface area (Å²) in [5, 5.41) is 9.94. The fourth-order valence-corrected chi connectivity index (χ4v) is 8.72. The fourth-order valence-electron chi connectivity index (χ4n) is 8.72. The Hall–Kier alpha value is -8.48. The Labute approximate surface area is 357 Å². The lowest BCUT2D eigenvalue weighted by Crippen LogP contribution is -2.00. The summed E-state index contributed by atoms with van der Waals surface area (Å²) >= 11 is 0. The quantitative estimate of drug-likeness (QED) is 0.161. The average Bonchev–Trinajstić information content (AvgIpc) is 3.95. The van der Waals surface area contributed by atoms with E-state index in [1.54, 1.807) is 0 Å². The normalized spacial score (nSPS) is 11.5. The van der Waals surface area contributed by atoms with Crippen molar-refractivity contribution in [3.8, 4) is 78.9 Å². The number of hydrogen-bond acceptors (Lipinski definition) is 5. The van der Waals surface area contributed by atoms with Crippen LogP contribution < -0.4 is 0 Å². The molecule has 0 aliphatic heterocycles. The highest BCUT2D eigenvalue weighted by Gasteiger charge is 2.22. The van der Waals surface area contributed by atoms with Crippen molar-refractivity contribution >= 4 is 38.2 Å². The lowest BCUT2D eigenvalue weighted by atomic mass is 9.96. The topological polar surface area (TPSA) is 69.1 Å². The van der Waals surface area contributed by atoms with Crippen molar-refractivity contribution in [1.29, 1.82) is 0 Å². The first kappa shape index (κ1) is 35.5. The van der Waals surface area contributed by atoms with Gasteiger partial charge in [-0.15, -0.1) is 0 Å². The molecule has 8 aromatic carbocycles.